The van der Waals surface area contributed by atoms with E-state index >= 15 is 0 Å². The van der Waals surface area contributed by atoms with Crippen LogP contribution in [0.4, 0.5) is 5.69 Å². The van der Waals surface area contributed by atoms with Crippen LogP contribution >= 0.6 is 0 Å². The maximum atomic E-state index is 12.4. The molecule has 0 aliphatic rings. The molecule has 0 saturated heterocycles. The van der Waals surface area contributed by atoms with E-state index in [1.54, 1.807) is 12.1 Å². The van der Waals surface area contributed by atoms with E-state index in [1.807, 2.05) is 25.1 Å². The van der Waals surface area contributed by atoms with Gasteiger partial charge in [-0.1, -0.05) is 0 Å². The van der Waals surface area contributed by atoms with Crippen LogP contribution in [0.2, 0.25) is 0 Å². The van der Waals surface area contributed by atoms with Crippen LogP contribution in [0.1, 0.15) is 24.8 Å². The minimum Gasteiger partial charge on any atom is -0.549 e. The summed E-state index contributed by atoms with van der Waals surface area (Å²) in [6.45, 7) is -1.62. The van der Waals surface area contributed by atoms with Crippen molar-refractivity contribution in [2.24, 2.45) is 0 Å². The summed E-state index contributed by atoms with van der Waals surface area (Å²) in [5, 5.41) is 36.3. The lowest BCUT2D eigenvalue weighted by atomic mass is 10.1. The van der Waals surface area contributed by atoms with Gasteiger partial charge < -0.3 is 44.3 Å². The fraction of sp³-hybridized carbons (Fsp3) is 0.435. The molecule has 1 atom stereocenters. The number of unbranched alkanes of at least 4 members (excludes halogenated alkanes) is 1. The second-order valence-corrected chi connectivity index (χ2v) is 8.17. The van der Waals surface area contributed by atoms with Gasteiger partial charge in [0.25, 0.3) is 0 Å². The third-order valence-corrected chi connectivity index (χ3v) is 5.28. The molecule has 35 heavy (non-hydrogen) atoms. The quantitative estimate of drug-likeness (QED) is 0.206. The highest BCUT2D eigenvalue weighted by Gasteiger charge is 2.20. The first-order valence-electron chi connectivity index (χ1n) is 10.8. The minimum absolute atomic E-state index is 0.0733. The highest BCUT2D eigenvalue weighted by atomic mass is 16.4. The predicted octanol–water partition coefficient (Wildman–Crippen LogP) is -3.39. The number of carbonyl (C=O) groups is 4. The lowest BCUT2D eigenvalue weighted by Crippen LogP contribution is -2.54. The van der Waals surface area contributed by atoms with E-state index in [4.69, 9.17) is 4.42 Å². The average molecular weight is 488 g/mol. The number of nitrogens with one attached hydrogen (secondary N) is 1. The summed E-state index contributed by atoms with van der Waals surface area (Å²) in [5.74, 6) is -5.25. The van der Waals surface area contributed by atoms with Gasteiger partial charge in [-0.2, -0.15) is 0 Å². The van der Waals surface area contributed by atoms with E-state index in [0.29, 0.717) is 27.9 Å². The molecule has 1 unspecified atom stereocenters. The summed E-state index contributed by atoms with van der Waals surface area (Å²) in [6, 6.07) is 5.09. The maximum absolute atomic E-state index is 12.4. The van der Waals surface area contributed by atoms with Gasteiger partial charge >= 0.3 is 5.63 Å². The van der Waals surface area contributed by atoms with Crippen molar-refractivity contribution in [1.82, 2.24) is 10.2 Å². The Morgan fingerprint density at radius 3 is 2.23 bits per heavy atom. The molecule has 2 rings (SSSR count). The van der Waals surface area contributed by atoms with Crippen molar-refractivity contribution in [2.75, 3.05) is 38.6 Å². The molecule has 0 fully saturated rings. The second-order valence-electron chi connectivity index (χ2n) is 8.17. The van der Waals surface area contributed by atoms with Gasteiger partial charge in [-0.15, -0.1) is 0 Å². The zero-order valence-electron chi connectivity index (χ0n) is 19.4. The third-order valence-electron chi connectivity index (χ3n) is 5.28. The molecule has 0 radical (unpaired) electrons. The Balaban J connectivity index is 1.92. The van der Waals surface area contributed by atoms with Gasteiger partial charge in [0.1, 0.15) is 5.58 Å². The number of carbonyl (C=O) groups excluding carboxylic acids is 4. The van der Waals surface area contributed by atoms with Crippen LogP contribution in [0.15, 0.2) is 33.5 Å². The standard InChI is InChI=1S/C23H29N3O9/c1-25(2)15-6-7-16-14(10-22(32)35-18(16)11-15)9-19(27)24-8-4-3-5-17(23(33)34)26(12-20(28)29)13-21(30)31/h6-7,10-11,17H,3-5,8-9,12-13H2,1-2H3,(H,24,27)(H,28,29)(H,30,31)(H,33,34)/p-3. The zero-order chi connectivity index (χ0) is 26.1. The fourth-order valence-electron chi connectivity index (χ4n) is 3.63. The van der Waals surface area contributed by atoms with E-state index in [-0.39, 0.29) is 31.7 Å². The summed E-state index contributed by atoms with van der Waals surface area (Å²) >= 11 is 0. The number of rotatable bonds is 14. The highest BCUT2D eigenvalue weighted by molar-refractivity contribution is 5.88. The molecule has 1 N–H and O–H groups in total. The molecule has 1 heterocycles. The van der Waals surface area contributed by atoms with Gasteiger partial charge in [0.15, 0.2) is 0 Å². The Morgan fingerprint density at radius 2 is 1.66 bits per heavy atom. The number of amides is 1. The molecule has 0 saturated carbocycles. The summed E-state index contributed by atoms with van der Waals surface area (Å²) in [7, 11) is 3.69. The third kappa shape index (κ3) is 8.41. The molecule has 0 spiro atoms. The van der Waals surface area contributed by atoms with E-state index in [2.05, 4.69) is 5.32 Å². The van der Waals surface area contributed by atoms with Crippen LogP contribution in [-0.4, -0.2) is 68.5 Å². The molecule has 1 aromatic carbocycles. The molecule has 1 aromatic heterocycles. The van der Waals surface area contributed by atoms with E-state index in [1.165, 1.54) is 6.07 Å². The maximum Gasteiger partial charge on any atom is 0.336 e. The normalized spacial score (nSPS) is 11.9. The zero-order valence-corrected chi connectivity index (χ0v) is 19.4. The molecule has 2 aromatic rings. The molecule has 190 valence electrons. The van der Waals surface area contributed by atoms with Crippen LogP contribution in [-0.2, 0) is 25.6 Å². The van der Waals surface area contributed by atoms with Gasteiger partial charge in [0.05, 0.1) is 30.4 Å². The minimum atomic E-state index is -1.63. The highest BCUT2D eigenvalue weighted by Crippen LogP contribution is 2.23. The summed E-state index contributed by atoms with van der Waals surface area (Å²) in [6.07, 6.45) is 0.401. The number of fused-ring (bicyclic) bond motifs is 1. The molecular formula is C23H26N3O9-3. The Morgan fingerprint density at radius 1 is 1.00 bits per heavy atom. The van der Waals surface area contributed by atoms with Gasteiger partial charge in [-0.25, -0.2) is 4.79 Å². The van der Waals surface area contributed by atoms with Gasteiger partial charge in [0, 0.05) is 56.9 Å². The SMILES string of the molecule is CN(C)c1ccc2c(CC(=O)NCCCCC(C(=O)[O-])N(CC(=O)[O-])CC(=O)[O-])cc(=O)oc2c1. The predicted molar refractivity (Wildman–Crippen MR) is 118 cm³/mol. The smallest absolute Gasteiger partial charge is 0.336 e. The number of nitrogens with zero attached hydrogens (tertiary/aromatic N) is 2. The topological polar surface area (TPSA) is 186 Å². The van der Waals surface area contributed by atoms with Gasteiger partial charge in [-0.3, -0.25) is 9.69 Å². The van der Waals surface area contributed by atoms with Crippen molar-refractivity contribution in [3.8, 4) is 0 Å². The number of benzene rings is 1. The summed E-state index contributed by atoms with van der Waals surface area (Å²) < 4.78 is 5.24. The Hall–Kier alpha value is -3.93. The second kappa shape index (κ2) is 12.5. The summed E-state index contributed by atoms with van der Waals surface area (Å²) in [4.78, 5) is 59.9. The fourth-order valence-corrected chi connectivity index (χ4v) is 3.63. The van der Waals surface area contributed by atoms with Crippen molar-refractivity contribution in [3.05, 3.63) is 40.2 Å². The van der Waals surface area contributed by atoms with Crippen molar-refractivity contribution in [1.29, 1.82) is 0 Å². The van der Waals surface area contributed by atoms with Crippen LogP contribution < -0.4 is 31.2 Å². The Bertz CT molecular complexity index is 1130. The van der Waals surface area contributed by atoms with Crippen molar-refractivity contribution in [3.63, 3.8) is 0 Å². The average Bonchev–Trinajstić information content (AvgIpc) is 2.74. The molecule has 0 aliphatic heterocycles. The molecule has 0 aliphatic carbocycles. The molecule has 12 nitrogen and oxygen atoms in total. The van der Waals surface area contributed by atoms with Crippen LogP contribution in [0.25, 0.3) is 11.0 Å². The number of anilines is 1. The van der Waals surface area contributed by atoms with Crippen molar-refractivity contribution >= 4 is 40.5 Å². The van der Waals surface area contributed by atoms with Gasteiger partial charge in [-0.05, 0) is 37.0 Å². The first kappa shape index (κ1) is 27.3. The molecule has 0 bridgehead atoms. The first-order valence-corrected chi connectivity index (χ1v) is 10.8. The van der Waals surface area contributed by atoms with Crippen LogP contribution in [0, 0.1) is 0 Å². The number of carboxylic acids is 3. The summed E-state index contributed by atoms with van der Waals surface area (Å²) in [5.41, 5.74) is 1.10. The van der Waals surface area contributed by atoms with E-state index < -0.39 is 42.7 Å². The Labute approximate surface area is 200 Å². The van der Waals surface area contributed by atoms with E-state index in [9.17, 15) is 39.3 Å². The lowest BCUT2D eigenvalue weighted by molar-refractivity contribution is -0.318. The van der Waals surface area contributed by atoms with Crippen LogP contribution in [0.3, 0.4) is 0 Å². The number of hydrogen-bond donors (Lipinski definition) is 1. The van der Waals surface area contributed by atoms with Crippen molar-refractivity contribution < 1.29 is 38.9 Å². The largest absolute Gasteiger partial charge is 0.549 e. The first-order chi connectivity index (χ1) is 16.5. The van der Waals surface area contributed by atoms with Crippen molar-refractivity contribution in [2.45, 2.75) is 31.7 Å². The van der Waals surface area contributed by atoms with E-state index in [0.717, 1.165) is 5.69 Å². The number of aliphatic carboxylic acids is 3. The lowest BCUT2D eigenvalue weighted by Gasteiger charge is -2.33. The molecular weight excluding hydrogens is 462 g/mol. The Kier molecular flexibility index (Phi) is 9.76. The van der Waals surface area contributed by atoms with Crippen LogP contribution in [0.5, 0.6) is 0 Å². The number of carboxylic acid groups (broad SMARTS) is 3. The molecule has 12 heteroatoms. The monoisotopic (exact) mass is 488 g/mol. The molecule has 1 amide bonds. The number of hydrogen-bond acceptors (Lipinski definition) is 11. The van der Waals surface area contributed by atoms with Gasteiger partial charge in [0.2, 0.25) is 5.91 Å².